The van der Waals surface area contributed by atoms with Gasteiger partial charge in [0.2, 0.25) is 0 Å². The molecule has 29 heavy (non-hydrogen) atoms. The molecular weight excluding hydrogens is 382 g/mol. The average molecular weight is 401 g/mol. The fourth-order valence-electron chi connectivity index (χ4n) is 3.24. The van der Waals surface area contributed by atoms with Crippen molar-refractivity contribution in [1.82, 2.24) is 4.57 Å². The van der Waals surface area contributed by atoms with Crippen LogP contribution in [0.1, 0.15) is 22.8 Å². The average Bonchev–Trinajstić information content (AvgIpc) is 3.11. The Balaban J connectivity index is 1.85. The number of hydrogen-bond donors (Lipinski definition) is 0. The van der Waals surface area contributed by atoms with Gasteiger partial charge in [-0.2, -0.15) is 10.3 Å². The number of thiazole rings is 1. The van der Waals surface area contributed by atoms with Crippen molar-refractivity contribution in [3.8, 4) is 6.07 Å². The van der Waals surface area contributed by atoms with Crippen LogP contribution in [0, 0.1) is 11.3 Å². The largest absolute Gasteiger partial charge is 0.380 e. The van der Waals surface area contributed by atoms with E-state index in [1.165, 1.54) is 11.3 Å². The molecule has 0 aliphatic carbocycles. The molecule has 0 radical (unpaired) electrons. The molecule has 4 rings (SSSR count). The van der Waals surface area contributed by atoms with Crippen molar-refractivity contribution < 1.29 is 9.53 Å². The molecule has 144 valence electrons. The molecule has 6 heteroatoms. The number of carbonyl (C=O) groups excluding carboxylic acids is 1. The fraction of sp³-hybridized carbons (Fsp3) is 0.174. The summed E-state index contributed by atoms with van der Waals surface area (Å²) in [6, 6.07) is 21.0. The molecule has 1 heterocycles. The molecule has 0 spiro atoms. The van der Waals surface area contributed by atoms with E-state index in [2.05, 4.69) is 35.3 Å². The van der Waals surface area contributed by atoms with E-state index in [4.69, 9.17) is 10.00 Å². The van der Waals surface area contributed by atoms with Gasteiger partial charge in [-0.15, -0.1) is 0 Å². The second-order valence-electron chi connectivity index (χ2n) is 6.47. The minimum absolute atomic E-state index is 0.324. The normalized spacial score (nSPS) is 11.8. The third-order valence-electron chi connectivity index (χ3n) is 4.70. The van der Waals surface area contributed by atoms with Crippen LogP contribution >= 0.6 is 11.3 Å². The van der Waals surface area contributed by atoms with Gasteiger partial charge in [0.1, 0.15) is 0 Å². The fourth-order valence-corrected chi connectivity index (χ4v) is 4.43. The van der Waals surface area contributed by atoms with Gasteiger partial charge in [0.25, 0.3) is 5.91 Å². The summed E-state index contributed by atoms with van der Waals surface area (Å²) in [5.41, 5.74) is 2.02. The van der Waals surface area contributed by atoms with Crippen molar-refractivity contribution in [2.24, 2.45) is 4.99 Å². The summed E-state index contributed by atoms with van der Waals surface area (Å²) in [7, 11) is 0. The van der Waals surface area contributed by atoms with E-state index in [0.717, 1.165) is 21.0 Å². The molecule has 0 N–H and O–H groups in total. The Hall–Kier alpha value is -3.27. The van der Waals surface area contributed by atoms with Crippen molar-refractivity contribution >= 4 is 38.2 Å². The Bertz CT molecular complexity index is 1290. The van der Waals surface area contributed by atoms with E-state index >= 15 is 0 Å². The molecule has 0 saturated heterocycles. The SMILES string of the molecule is CCOCCn1c(=NC(=O)c2ccc(C#N)cc2)sc2c3ccccc3ccc21. The Morgan fingerprint density at radius 1 is 1.14 bits per heavy atom. The highest BCUT2D eigenvalue weighted by Gasteiger charge is 2.12. The summed E-state index contributed by atoms with van der Waals surface area (Å²) in [5, 5.41) is 11.2. The Labute approximate surface area is 172 Å². The number of aromatic nitrogens is 1. The standard InChI is InChI=1S/C23H19N3O2S/c1-2-28-14-13-26-20-12-11-17-5-3-4-6-19(17)21(20)29-23(26)25-22(27)18-9-7-16(15-24)8-10-18/h3-12H,2,13-14H2,1H3. The van der Waals surface area contributed by atoms with Crippen molar-refractivity contribution in [3.63, 3.8) is 0 Å². The first-order valence-electron chi connectivity index (χ1n) is 9.39. The van der Waals surface area contributed by atoms with Crippen LogP contribution in [0.5, 0.6) is 0 Å². The molecule has 0 unspecified atom stereocenters. The first-order chi connectivity index (χ1) is 14.2. The molecule has 0 aliphatic heterocycles. The Morgan fingerprint density at radius 3 is 2.69 bits per heavy atom. The van der Waals surface area contributed by atoms with E-state index in [-0.39, 0.29) is 5.91 Å². The summed E-state index contributed by atoms with van der Waals surface area (Å²) in [4.78, 5) is 17.8. The smallest absolute Gasteiger partial charge is 0.279 e. The second-order valence-corrected chi connectivity index (χ2v) is 7.45. The first-order valence-corrected chi connectivity index (χ1v) is 10.2. The first kappa shape index (κ1) is 19.1. The van der Waals surface area contributed by atoms with Gasteiger partial charge in [0, 0.05) is 24.1 Å². The van der Waals surface area contributed by atoms with E-state index in [0.29, 0.717) is 35.7 Å². The lowest BCUT2D eigenvalue weighted by molar-refractivity contribution is 0.0996. The van der Waals surface area contributed by atoms with Crippen LogP contribution in [0.4, 0.5) is 0 Å². The summed E-state index contributed by atoms with van der Waals surface area (Å²) in [5.74, 6) is -0.324. The number of ether oxygens (including phenoxy) is 1. The number of hydrogen-bond acceptors (Lipinski definition) is 4. The van der Waals surface area contributed by atoms with Gasteiger partial charge in [0.15, 0.2) is 4.80 Å². The van der Waals surface area contributed by atoms with Crippen molar-refractivity contribution in [2.45, 2.75) is 13.5 Å². The molecule has 0 atom stereocenters. The van der Waals surface area contributed by atoms with Crippen molar-refractivity contribution in [3.05, 3.63) is 76.6 Å². The zero-order chi connectivity index (χ0) is 20.2. The zero-order valence-electron chi connectivity index (χ0n) is 16.0. The quantitative estimate of drug-likeness (QED) is 0.462. The van der Waals surface area contributed by atoms with E-state index < -0.39 is 0 Å². The lowest BCUT2D eigenvalue weighted by Crippen LogP contribution is -2.19. The molecule has 0 bridgehead atoms. The maximum atomic E-state index is 12.7. The number of rotatable bonds is 5. The Kier molecular flexibility index (Phi) is 5.52. The van der Waals surface area contributed by atoms with Crippen LogP contribution < -0.4 is 4.80 Å². The lowest BCUT2D eigenvalue weighted by Gasteiger charge is -2.06. The molecule has 0 saturated carbocycles. The predicted molar refractivity (Wildman–Crippen MR) is 115 cm³/mol. The van der Waals surface area contributed by atoms with Gasteiger partial charge in [0.05, 0.1) is 28.5 Å². The third kappa shape index (κ3) is 3.83. The molecule has 5 nitrogen and oxygen atoms in total. The van der Waals surface area contributed by atoms with Gasteiger partial charge >= 0.3 is 0 Å². The van der Waals surface area contributed by atoms with Gasteiger partial charge in [-0.3, -0.25) is 4.79 Å². The van der Waals surface area contributed by atoms with E-state index in [1.54, 1.807) is 24.3 Å². The van der Waals surface area contributed by atoms with Gasteiger partial charge in [-0.05, 0) is 42.6 Å². The van der Waals surface area contributed by atoms with Crippen LogP contribution in [0.3, 0.4) is 0 Å². The van der Waals surface area contributed by atoms with Crippen LogP contribution in [0.25, 0.3) is 21.0 Å². The van der Waals surface area contributed by atoms with Crippen molar-refractivity contribution in [1.29, 1.82) is 5.26 Å². The maximum Gasteiger partial charge on any atom is 0.279 e. The highest BCUT2D eigenvalue weighted by molar-refractivity contribution is 7.17. The molecule has 3 aromatic carbocycles. The second kappa shape index (κ2) is 8.39. The number of fused-ring (bicyclic) bond motifs is 3. The minimum atomic E-state index is -0.324. The van der Waals surface area contributed by atoms with Crippen LogP contribution in [0.2, 0.25) is 0 Å². The highest BCUT2D eigenvalue weighted by atomic mass is 32.1. The summed E-state index contributed by atoms with van der Waals surface area (Å²) in [6.45, 7) is 3.77. The minimum Gasteiger partial charge on any atom is -0.380 e. The van der Waals surface area contributed by atoms with Gasteiger partial charge in [-0.1, -0.05) is 41.7 Å². The molecular formula is C23H19N3O2S. The highest BCUT2D eigenvalue weighted by Crippen LogP contribution is 2.27. The number of carbonyl (C=O) groups is 1. The van der Waals surface area contributed by atoms with Crippen LogP contribution in [-0.4, -0.2) is 23.7 Å². The van der Waals surface area contributed by atoms with E-state index in [1.807, 2.05) is 23.6 Å². The third-order valence-corrected chi connectivity index (χ3v) is 5.82. The number of nitriles is 1. The zero-order valence-corrected chi connectivity index (χ0v) is 16.8. The van der Waals surface area contributed by atoms with Gasteiger partial charge < -0.3 is 9.30 Å². The lowest BCUT2D eigenvalue weighted by atomic mass is 10.1. The van der Waals surface area contributed by atoms with Crippen molar-refractivity contribution in [2.75, 3.05) is 13.2 Å². The summed E-state index contributed by atoms with van der Waals surface area (Å²) in [6.07, 6.45) is 0. The molecule has 4 aromatic rings. The maximum absolute atomic E-state index is 12.7. The predicted octanol–water partition coefficient (Wildman–Crippen LogP) is 4.51. The van der Waals surface area contributed by atoms with Crippen LogP contribution in [-0.2, 0) is 11.3 Å². The number of amides is 1. The number of benzene rings is 3. The molecule has 1 aromatic heterocycles. The summed E-state index contributed by atoms with van der Waals surface area (Å²) < 4.78 is 8.69. The molecule has 0 fully saturated rings. The summed E-state index contributed by atoms with van der Waals surface area (Å²) >= 11 is 1.51. The monoisotopic (exact) mass is 401 g/mol. The molecule has 1 amide bonds. The number of nitrogens with zero attached hydrogens (tertiary/aromatic N) is 3. The Morgan fingerprint density at radius 2 is 1.93 bits per heavy atom. The van der Waals surface area contributed by atoms with Crippen LogP contribution in [0.15, 0.2) is 65.7 Å². The molecule has 0 aliphatic rings. The van der Waals surface area contributed by atoms with E-state index in [9.17, 15) is 4.79 Å². The topological polar surface area (TPSA) is 67.4 Å². The van der Waals surface area contributed by atoms with Gasteiger partial charge in [-0.25, -0.2) is 0 Å².